The van der Waals surface area contributed by atoms with E-state index in [2.05, 4.69) is 11.6 Å². The van der Waals surface area contributed by atoms with Gasteiger partial charge in [0.25, 0.3) is 0 Å². The molecule has 2 aromatic rings. The van der Waals surface area contributed by atoms with Crippen LogP contribution in [-0.2, 0) is 4.79 Å². The van der Waals surface area contributed by atoms with Gasteiger partial charge in [-0.1, -0.05) is 35.5 Å². The van der Waals surface area contributed by atoms with Crippen LogP contribution in [0.2, 0.25) is 5.02 Å². The Kier molecular flexibility index (Phi) is 4.17. The van der Waals surface area contributed by atoms with Crippen LogP contribution in [0.25, 0.3) is 11.0 Å². The summed E-state index contributed by atoms with van der Waals surface area (Å²) in [7, 11) is 0. The Bertz CT molecular complexity index is 639. The van der Waals surface area contributed by atoms with E-state index in [1.54, 1.807) is 12.1 Å². The molecule has 1 aromatic carbocycles. The van der Waals surface area contributed by atoms with Crippen molar-refractivity contribution in [3.05, 3.63) is 35.9 Å². The van der Waals surface area contributed by atoms with Crippen LogP contribution in [0.15, 0.2) is 36.0 Å². The zero-order valence-corrected chi connectivity index (χ0v) is 11.9. The van der Waals surface area contributed by atoms with E-state index in [0.29, 0.717) is 10.2 Å². The maximum atomic E-state index is 10.7. The number of carboxylic acids is 1. The Balaban J connectivity index is 2.58. The quantitative estimate of drug-likeness (QED) is 0.676. The Labute approximate surface area is 120 Å². The van der Waals surface area contributed by atoms with Crippen molar-refractivity contribution < 1.29 is 9.90 Å². The number of rotatable bonds is 5. The summed E-state index contributed by atoms with van der Waals surface area (Å²) in [6.45, 7) is 5.73. The zero-order valence-electron chi connectivity index (χ0n) is 10.3. The van der Waals surface area contributed by atoms with Crippen LogP contribution in [0.1, 0.15) is 13.0 Å². The third kappa shape index (κ3) is 2.77. The standard InChI is InChI=1S/C13H13ClN2O2S/c1-3-8(2)16-12-9(14)5-4-6-10(12)15-13(16)19-7-11(17)18/h3-6,8H,1,7H2,2H3,(H,17,18). The predicted molar refractivity (Wildman–Crippen MR) is 78.0 cm³/mol. The first-order valence-corrected chi connectivity index (χ1v) is 7.04. The number of imidazole rings is 1. The Morgan fingerprint density at radius 1 is 1.68 bits per heavy atom. The molecule has 6 heteroatoms. The van der Waals surface area contributed by atoms with Crippen LogP contribution in [0.3, 0.4) is 0 Å². The van der Waals surface area contributed by atoms with E-state index < -0.39 is 5.97 Å². The largest absolute Gasteiger partial charge is 0.481 e. The number of hydrogen-bond acceptors (Lipinski definition) is 3. The molecule has 0 aliphatic rings. The van der Waals surface area contributed by atoms with Crippen molar-refractivity contribution in [2.24, 2.45) is 0 Å². The van der Waals surface area contributed by atoms with Crippen molar-refractivity contribution in [1.82, 2.24) is 9.55 Å². The van der Waals surface area contributed by atoms with Crippen LogP contribution in [0, 0.1) is 0 Å². The molecule has 0 aliphatic heterocycles. The van der Waals surface area contributed by atoms with E-state index in [0.717, 1.165) is 11.0 Å². The van der Waals surface area contributed by atoms with Crippen molar-refractivity contribution in [2.75, 3.05) is 5.75 Å². The number of nitrogens with zero attached hydrogens (tertiary/aromatic N) is 2. The summed E-state index contributed by atoms with van der Waals surface area (Å²) in [6.07, 6.45) is 1.77. The first-order valence-electron chi connectivity index (χ1n) is 5.68. The summed E-state index contributed by atoms with van der Waals surface area (Å²) in [6, 6.07) is 5.47. The van der Waals surface area contributed by atoms with Gasteiger partial charge in [-0.2, -0.15) is 0 Å². The topological polar surface area (TPSA) is 55.1 Å². The second-order valence-electron chi connectivity index (χ2n) is 4.03. The molecule has 1 N–H and O–H groups in total. The maximum absolute atomic E-state index is 10.7. The molecule has 1 atom stereocenters. The van der Waals surface area contributed by atoms with Gasteiger partial charge in [-0.15, -0.1) is 6.58 Å². The highest BCUT2D eigenvalue weighted by Crippen LogP contribution is 2.32. The Morgan fingerprint density at radius 2 is 2.42 bits per heavy atom. The molecular formula is C13H13ClN2O2S. The second-order valence-corrected chi connectivity index (χ2v) is 5.38. The van der Waals surface area contributed by atoms with E-state index >= 15 is 0 Å². The molecule has 4 nitrogen and oxygen atoms in total. The van der Waals surface area contributed by atoms with Gasteiger partial charge in [0.15, 0.2) is 5.16 Å². The van der Waals surface area contributed by atoms with E-state index in [9.17, 15) is 4.79 Å². The minimum absolute atomic E-state index is 0.0128. The van der Waals surface area contributed by atoms with Gasteiger partial charge in [-0.25, -0.2) is 4.98 Å². The summed E-state index contributed by atoms with van der Waals surface area (Å²) in [5, 5.41) is 10.0. The van der Waals surface area contributed by atoms with E-state index in [1.165, 1.54) is 11.8 Å². The fourth-order valence-electron chi connectivity index (χ4n) is 1.80. The number of thioether (sulfide) groups is 1. The number of allylic oxidation sites excluding steroid dienone is 1. The molecule has 1 heterocycles. The Morgan fingerprint density at radius 3 is 3.05 bits per heavy atom. The first kappa shape index (κ1) is 14.0. The van der Waals surface area contributed by atoms with Crippen LogP contribution < -0.4 is 0 Å². The van der Waals surface area contributed by atoms with Gasteiger partial charge < -0.3 is 9.67 Å². The molecule has 0 bridgehead atoms. The number of carbonyl (C=O) groups is 1. The van der Waals surface area contributed by atoms with Crippen molar-refractivity contribution in [3.63, 3.8) is 0 Å². The number of fused-ring (bicyclic) bond motifs is 1. The molecule has 0 spiro atoms. The highest BCUT2D eigenvalue weighted by molar-refractivity contribution is 7.99. The van der Waals surface area contributed by atoms with Crippen LogP contribution >= 0.6 is 23.4 Å². The lowest BCUT2D eigenvalue weighted by Gasteiger charge is -2.13. The van der Waals surface area contributed by atoms with E-state index in [4.69, 9.17) is 16.7 Å². The molecule has 1 aromatic heterocycles. The minimum atomic E-state index is -0.874. The Hall–Kier alpha value is -1.46. The van der Waals surface area contributed by atoms with Crippen molar-refractivity contribution >= 4 is 40.4 Å². The minimum Gasteiger partial charge on any atom is -0.481 e. The monoisotopic (exact) mass is 296 g/mol. The number of benzene rings is 1. The highest BCUT2D eigenvalue weighted by atomic mass is 35.5. The van der Waals surface area contributed by atoms with Gasteiger partial charge in [-0.05, 0) is 19.1 Å². The lowest BCUT2D eigenvalue weighted by molar-refractivity contribution is -0.133. The normalized spacial score (nSPS) is 12.5. The summed E-state index contributed by atoms with van der Waals surface area (Å²) in [5.41, 5.74) is 1.57. The number of halogens is 1. The fraction of sp³-hybridized carbons (Fsp3) is 0.231. The fourth-order valence-corrected chi connectivity index (χ4v) is 2.87. The van der Waals surface area contributed by atoms with Gasteiger partial charge in [0.05, 0.1) is 27.9 Å². The van der Waals surface area contributed by atoms with Crippen molar-refractivity contribution in [3.8, 4) is 0 Å². The van der Waals surface area contributed by atoms with E-state index in [-0.39, 0.29) is 11.8 Å². The summed E-state index contributed by atoms with van der Waals surface area (Å²) in [5.74, 6) is -0.911. The van der Waals surface area contributed by atoms with Crippen LogP contribution in [-0.4, -0.2) is 26.4 Å². The third-order valence-electron chi connectivity index (χ3n) is 2.70. The SMILES string of the molecule is C=CC(C)n1c(SCC(=O)O)nc2cccc(Cl)c21. The van der Waals surface area contributed by atoms with Crippen molar-refractivity contribution in [1.29, 1.82) is 0 Å². The zero-order chi connectivity index (χ0) is 14.0. The van der Waals surface area contributed by atoms with Gasteiger partial charge >= 0.3 is 5.97 Å². The van der Waals surface area contributed by atoms with E-state index in [1.807, 2.05) is 23.6 Å². The second kappa shape index (κ2) is 5.67. The molecule has 0 amide bonds. The first-order chi connectivity index (χ1) is 9.04. The van der Waals surface area contributed by atoms with Gasteiger partial charge in [-0.3, -0.25) is 4.79 Å². The van der Waals surface area contributed by atoms with Gasteiger partial charge in [0.2, 0.25) is 0 Å². The summed E-state index contributed by atoms with van der Waals surface area (Å²) >= 11 is 7.40. The molecule has 2 rings (SSSR count). The number of carboxylic acid groups (broad SMARTS) is 1. The number of aromatic nitrogens is 2. The molecule has 0 radical (unpaired) electrons. The lowest BCUT2D eigenvalue weighted by atomic mass is 10.3. The highest BCUT2D eigenvalue weighted by Gasteiger charge is 2.17. The smallest absolute Gasteiger partial charge is 0.313 e. The predicted octanol–water partition coefficient (Wildman–Crippen LogP) is 3.61. The summed E-state index contributed by atoms with van der Waals surface area (Å²) < 4.78 is 1.91. The molecule has 19 heavy (non-hydrogen) atoms. The average Bonchev–Trinajstić information content (AvgIpc) is 2.75. The van der Waals surface area contributed by atoms with Gasteiger partial charge in [0, 0.05) is 0 Å². The molecule has 0 aliphatic carbocycles. The molecular weight excluding hydrogens is 284 g/mol. The molecule has 1 unspecified atom stereocenters. The molecule has 0 saturated carbocycles. The van der Waals surface area contributed by atoms with Crippen molar-refractivity contribution in [2.45, 2.75) is 18.1 Å². The van der Waals surface area contributed by atoms with Crippen LogP contribution in [0.5, 0.6) is 0 Å². The average molecular weight is 297 g/mol. The molecule has 0 saturated heterocycles. The van der Waals surface area contributed by atoms with Crippen LogP contribution in [0.4, 0.5) is 0 Å². The molecule has 100 valence electrons. The lowest BCUT2D eigenvalue weighted by Crippen LogP contribution is -2.06. The van der Waals surface area contributed by atoms with Gasteiger partial charge in [0.1, 0.15) is 0 Å². The maximum Gasteiger partial charge on any atom is 0.313 e. The number of hydrogen-bond donors (Lipinski definition) is 1. The third-order valence-corrected chi connectivity index (χ3v) is 3.94. The number of para-hydroxylation sites is 1. The number of aliphatic carboxylic acids is 1. The summed E-state index contributed by atoms with van der Waals surface area (Å²) in [4.78, 5) is 15.1. The molecule has 0 fully saturated rings.